The summed E-state index contributed by atoms with van der Waals surface area (Å²) in [6, 6.07) is 13.8. The maximum atomic E-state index is 12.3. The fourth-order valence-corrected chi connectivity index (χ4v) is 2.79. The van der Waals surface area contributed by atoms with Gasteiger partial charge in [0.1, 0.15) is 10.0 Å². The number of aryl methyl sites for hydroxylation is 1. The number of nitrogens with zero attached hydrogens (tertiary/aromatic N) is 1. The van der Waals surface area contributed by atoms with E-state index in [1.807, 2.05) is 38.1 Å². The van der Waals surface area contributed by atoms with Crippen molar-refractivity contribution in [3.8, 4) is 0 Å². The summed E-state index contributed by atoms with van der Waals surface area (Å²) in [5.41, 5.74) is 2.25. The summed E-state index contributed by atoms with van der Waals surface area (Å²) in [6.45, 7) is 3.79. The van der Waals surface area contributed by atoms with Crippen molar-refractivity contribution in [1.29, 1.82) is 0 Å². The predicted molar refractivity (Wildman–Crippen MR) is 82.5 cm³/mol. The van der Waals surface area contributed by atoms with Crippen LogP contribution in [0.2, 0.25) is 0 Å². The van der Waals surface area contributed by atoms with Crippen LogP contribution in [0.3, 0.4) is 0 Å². The predicted octanol–water partition coefficient (Wildman–Crippen LogP) is 4.42. The average molecular weight is 286 g/mol. The molecule has 0 spiro atoms. The van der Waals surface area contributed by atoms with Crippen LogP contribution in [0.4, 0.5) is 5.69 Å². The van der Waals surface area contributed by atoms with E-state index in [1.165, 1.54) is 0 Å². The van der Waals surface area contributed by atoms with E-state index in [9.17, 15) is 8.42 Å². The second-order valence-electron chi connectivity index (χ2n) is 4.44. The van der Waals surface area contributed by atoms with Crippen LogP contribution in [-0.4, -0.2) is 8.42 Å². The Balaban J connectivity index is 2.36. The standard InChI is InChI=1S/C16H16NO2S/c1-3-6-14-7-4-5-8-16(14)17-20(18,19)15-11-9-13(2)10-12-15/h3-12H,1-2H3/q-1/b6-3+. The molecule has 0 aliphatic carbocycles. The van der Waals surface area contributed by atoms with Crippen LogP contribution < -0.4 is 0 Å². The van der Waals surface area contributed by atoms with Gasteiger partial charge >= 0.3 is 0 Å². The van der Waals surface area contributed by atoms with Gasteiger partial charge in [-0.25, -0.2) is 8.42 Å². The maximum absolute atomic E-state index is 12.3. The summed E-state index contributed by atoms with van der Waals surface area (Å²) in [5.74, 6) is 0. The molecule has 0 amide bonds. The highest BCUT2D eigenvalue weighted by Gasteiger charge is 2.05. The molecule has 0 heterocycles. The Hall–Kier alpha value is -2.07. The van der Waals surface area contributed by atoms with Crippen LogP contribution in [0.5, 0.6) is 0 Å². The minimum absolute atomic E-state index is 0.207. The third-order valence-electron chi connectivity index (χ3n) is 2.82. The summed E-state index contributed by atoms with van der Waals surface area (Å²) in [5, 5.41) is 0. The molecular formula is C16H16NO2S-. The van der Waals surface area contributed by atoms with E-state index in [1.54, 1.807) is 36.4 Å². The summed E-state index contributed by atoms with van der Waals surface area (Å²) < 4.78 is 28.5. The molecule has 0 aromatic heterocycles. The van der Waals surface area contributed by atoms with Gasteiger partial charge in [0, 0.05) is 0 Å². The van der Waals surface area contributed by atoms with Crippen LogP contribution in [0.1, 0.15) is 18.1 Å². The number of hydrogen-bond acceptors (Lipinski definition) is 2. The van der Waals surface area contributed by atoms with Crippen molar-refractivity contribution in [1.82, 2.24) is 0 Å². The number of hydrogen-bond donors (Lipinski definition) is 0. The van der Waals surface area contributed by atoms with E-state index in [2.05, 4.69) is 4.72 Å². The van der Waals surface area contributed by atoms with Gasteiger partial charge in [-0.3, -0.25) is 0 Å². The molecule has 0 saturated heterocycles. The normalized spacial score (nSPS) is 11.7. The maximum Gasteiger partial charge on any atom is 0.123 e. The van der Waals surface area contributed by atoms with E-state index in [4.69, 9.17) is 0 Å². The fraction of sp³-hybridized carbons (Fsp3) is 0.125. The average Bonchev–Trinajstić information content (AvgIpc) is 2.41. The largest absolute Gasteiger partial charge is 0.572 e. The summed E-state index contributed by atoms with van der Waals surface area (Å²) >= 11 is 0. The number of allylic oxidation sites excluding steroid dienone is 1. The van der Waals surface area contributed by atoms with Crippen molar-refractivity contribution in [3.63, 3.8) is 0 Å². The van der Waals surface area contributed by atoms with E-state index < -0.39 is 10.0 Å². The lowest BCUT2D eigenvalue weighted by atomic mass is 10.2. The Bertz CT molecular complexity index is 716. The lowest BCUT2D eigenvalue weighted by Crippen LogP contribution is -1.98. The van der Waals surface area contributed by atoms with Crippen molar-refractivity contribution in [3.05, 3.63) is 70.5 Å². The molecule has 104 valence electrons. The lowest BCUT2D eigenvalue weighted by Gasteiger charge is -2.24. The zero-order valence-electron chi connectivity index (χ0n) is 11.4. The van der Waals surface area contributed by atoms with Gasteiger partial charge in [0.25, 0.3) is 0 Å². The zero-order chi connectivity index (χ0) is 14.6. The van der Waals surface area contributed by atoms with Crippen LogP contribution >= 0.6 is 0 Å². The molecule has 20 heavy (non-hydrogen) atoms. The van der Waals surface area contributed by atoms with Gasteiger partial charge in [-0.1, -0.05) is 54.1 Å². The molecule has 0 fully saturated rings. The van der Waals surface area contributed by atoms with Crippen molar-refractivity contribution in [2.24, 2.45) is 0 Å². The highest BCUT2D eigenvalue weighted by molar-refractivity contribution is 7.94. The molecule has 2 aromatic carbocycles. The Morgan fingerprint density at radius 2 is 1.65 bits per heavy atom. The van der Waals surface area contributed by atoms with Crippen molar-refractivity contribution in [2.45, 2.75) is 18.7 Å². The molecule has 0 radical (unpaired) electrons. The smallest absolute Gasteiger partial charge is 0.123 e. The third kappa shape index (κ3) is 3.27. The van der Waals surface area contributed by atoms with Crippen LogP contribution in [-0.2, 0) is 10.0 Å². The second kappa shape index (κ2) is 5.92. The number of benzene rings is 2. The SMILES string of the molecule is C/C=C/c1ccccc1[N-]S(=O)(=O)c1ccc(C)cc1. The number of rotatable bonds is 4. The quantitative estimate of drug-likeness (QED) is 0.835. The minimum atomic E-state index is -3.68. The summed E-state index contributed by atoms with van der Waals surface area (Å²) in [7, 11) is -3.68. The molecule has 0 N–H and O–H groups in total. The third-order valence-corrected chi connectivity index (χ3v) is 4.13. The first-order valence-corrected chi connectivity index (χ1v) is 7.73. The molecule has 2 aromatic rings. The van der Waals surface area contributed by atoms with Crippen molar-refractivity contribution in [2.75, 3.05) is 0 Å². The van der Waals surface area contributed by atoms with E-state index in [0.717, 1.165) is 11.1 Å². The van der Waals surface area contributed by atoms with Crippen LogP contribution in [0, 0.1) is 6.92 Å². The Kier molecular flexibility index (Phi) is 4.25. The number of sulfonamides is 1. The molecule has 2 rings (SSSR count). The van der Waals surface area contributed by atoms with Gasteiger partial charge in [-0.2, -0.15) is 0 Å². The molecule has 0 saturated carbocycles. The molecular weight excluding hydrogens is 270 g/mol. The topological polar surface area (TPSA) is 48.2 Å². The van der Waals surface area contributed by atoms with E-state index in [0.29, 0.717) is 5.69 Å². The molecule has 0 bridgehead atoms. The van der Waals surface area contributed by atoms with Gasteiger partial charge < -0.3 is 4.72 Å². The van der Waals surface area contributed by atoms with Gasteiger partial charge in [0.15, 0.2) is 0 Å². The Labute approximate surface area is 120 Å². The first-order chi connectivity index (χ1) is 9.53. The van der Waals surface area contributed by atoms with Crippen molar-refractivity contribution < 1.29 is 8.42 Å². The van der Waals surface area contributed by atoms with Crippen LogP contribution in [0.15, 0.2) is 59.5 Å². The van der Waals surface area contributed by atoms with E-state index >= 15 is 0 Å². The monoisotopic (exact) mass is 286 g/mol. The molecule has 0 atom stereocenters. The van der Waals surface area contributed by atoms with Gasteiger partial charge in [0.2, 0.25) is 0 Å². The van der Waals surface area contributed by atoms with Crippen LogP contribution in [0.25, 0.3) is 10.8 Å². The highest BCUT2D eigenvalue weighted by atomic mass is 32.2. The molecule has 4 heteroatoms. The zero-order valence-corrected chi connectivity index (χ0v) is 12.3. The van der Waals surface area contributed by atoms with Crippen molar-refractivity contribution >= 4 is 21.8 Å². The van der Waals surface area contributed by atoms with Gasteiger partial charge in [-0.15, -0.1) is 5.69 Å². The molecule has 0 unspecified atom stereocenters. The van der Waals surface area contributed by atoms with E-state index in [-0.39, 0.29) is 4.90 Å². The minimum Gasteiger partial charge on any atom is -0.572 e. The first kappa shape index (κ1) is 14.3. The summed E-state index contributed by atoms with van der Waals surface area (Å²) in [4.78, 5) is 0.207. The molecule has 0 aliphatic rings. The molecule has 3 nitrogen and oxygen atoms in total. The Morgan fingerprint density at radius 3 is 2.30 bits per heavy atom. The molecule has 0 aliphatic heterocycles. The van der Waals surface area contributed by atoms with Gasteiger partial charge in [0.05, 0.1) is 4.90 Å². The summed E-state index contributed by atoms with van der Waals surface area (Å²) in [6.07, 6.45) is 3.69. The fourth-order valence-electron chi connectivity index (χ4n) is 1.78. The highest BCUT2D eigenvalue weighted by Crippen LogP contribution is 2.31. The van der Waals surface area contributed by atoms with Gasteiger partial charge in [-0.05, 0) is 31.5 Å². The Morgan fingerprint density at radius 1 is 1.00 bits per heavy atom. The first-order valence-electron chi connectivity index (χ1n) is 6.29. The second-order valence-corrected chi connectivity index (χ2v) is 6.04. The lowest BCUT2D eigenvalue weighted by molar-refractivity contribution is 0.603.